The largest absolute Gasteiger partial charge is 0.385 e. The number of likely N-dealkylation sites (N-methyl/N-ethyl adjacent to an activating group) is 1. The molecule has 0 radical (unpaired) electrons. The molecular weight excluding hydrogens is 290 g/mol. The second-order valence-corrected chi connectivity index (χ2v) is 8.09. The molecule has 1 aliphatic carbocycles. The molecule has 2 fully saturated rings. The Morgan fingerprint density at radius 1 is 1.33 bits per heavy atom. The van der Waals surface area contributed by atoms with E-state index >= 15 is 0 Å². The van der Waals surface area contributed by atoms with Crippen molar-refractivity contribution in [3.8, 4) is 0 Å². The molecule has 0 aromatic carbocycles. The van der Waals surface area contributed by atoms with Gasteiger partial charge in [0.15, 0.2) is 0 Å². The van der Waals surface area contributed by atoms with Crippen molar-refractivity contribution in [2.75, 3.05) is 40.4 Å². The summed E-state index contributed by atoms with van der Waals surface area (Å²) >= 11 is 0. The Balaban J connectivity index is 1.91. The van der Waals surface area contributed by atoms with Crippen LogP contribution in [0.25, 0.3) is 0 Å². The first kappa shape index (κ1) is 17.1. The van der Waals surface area contributed by atoms with E-state index in [2.05, 4.69) is 10.0 Å². The zero-order valence-electron chi connectivity index (χ0n) is 13.2. The molecule has 0 aromatic heterocycles. The maximum Gasteiger partial charge on any atom is 0.279 e. The fraction of sp³-hybridized carbons (Fsp3) is 1.00. The van der Waals surface area contributed by atoms with Gasteiger partial charge in [0.25, 0.3) is 10.2 Å². The second kappa shape index (κ2) is 7.37. The molecule has 0 amide bonds. The minimum atomic E-state index is -3.37. The molecular formula is C14H29N3O3S. The average Bonchev–Trinajstić information content (AvgIpc) is 3.25. The summed E-state index contributed by atoms with van der Waals surface area (Å²) in [5.41, 5.74) is 0.136. The average molecular weight is 319 g/mol. The lowest BCUT2D eigenvalue weighted by atomic mass is 10.0. The van der Waals surface area contributed by atoms with Gasteiger partial charge in [-0.1, -0.05) is 6.42 Å². The molecule has 6 nitrogen and oxygen atoms in total. The van der Waals surface area contributed by atoms with Gasteiger partial charge in [0, 0.05) is 39.4 Å². The van der Waals surface area contributed by atoms with E-state index in [0.717, 1.165) is 45.1 Å². The standard InChI is InChI=1S/C14H29N3O3S/c1-15-11-13-5-3-4-9-17(13)21(18,19)16-12-14(6-7-14)8-10-20-2/h13,15-16H,3-12H2,1-2H3. The molecule has 1 unspecified atom stereocenters. The van der Waals surface area contributed by atoms with Crippen molar-refractivity contribution in [3.05, 3.63) is 0 Å². The number of ether oxygens (including phenoxy) is 1. The first-order valence-corrected chi connectivity index (χ1v) is 9.37. The van der Waals surface area contributed by atoms with Crippen LogP contribution in [0, 0.1) is 5.41 Å². The number of nitrogens with one attached hydrogen (secondary N) is 2. The van der Waals surface area contributed by atoms with E-state index in [1.165, 1.54) is 0 Å². The van der Waals surface area contributed by atoms with Gasteiger partial charge in [0.05, 0.1) is 0 Å². The zero-order valence-corrected chi connectivity index (χ0v) is 14.0. The SMILES string of the molecule is CNCC1CCCCN1S(=O)(=O)NCC1(CCOC)CC1. The predicted octanol–water partition coefficient (Wildman–Crippen LogP) is 0.711. The van der Waals surface area contributed by atoms with Crippen molar-refractivity contribution in [2.24, 2.45) is 5.41 Å². The Hall–Kier alpha value is -0.210. The predicted molar refractivity (Wildman–Crippen MR) is 83.4 cm³/mol. The Morgan fingerprint density at radius 2 is 2.10 bits per heavy atom. The molecule has 1 heterocycles. The molecule has 2 N–H and O–H groups in total. The molecule has 0 aromatic rings. The number of hydrogen-bond donors (Lipinski definition) is 2. The summed E-state index contributed by atoms with van der Waals surface area (Å²) < 4.78 is 34.8. The second-order valence-electron chi connectivity index (χ2n) is 6.39. The van der Waals surface area contributed by atoms with E-state index in [1.807, 2.05) is 7.05 Å². The maximum atomic E-state index is 12.6. The third-order valence-electron chi connectivity index (χ3n) is 4.74. The summed E-state index contributed by atoms with van der Waals surface area (Å²) in [6.07, 6.45) is 6.13. The van der Waals surface area contributed by atoms with Gasteiger partial charge in [-0.2, -0.15) is 12.7 Å². The van der Waals surface area contributed by atoms with Gasteiger partial charge >= 0.3 is 0 Å². The lowest BCUT2D eigenvalue weighted by Gasteiger charge is -2.35. The highest BCUT2D eigenvalue weighted by Gasteiger charge is 2.43. The quantitative estimate of drug-likeness (QED) is 0.657. The molecule has 2 aliphatic rings. The van der Waals surface area contributed by atoms with Crippen LogP contribution < -0.4 is 10.0 Å². The van der Waals surface area contributed by atoms with Crippen LogP contribution in [0.5, 0.6) is 0 Å². The molecule has 1 aliphatic heterocycles. The zero-order chi connectivity index (χ0) is 15.3. The van der Waals surface area contributed by atoms with Gasteiger partial charge in [-0.25, -0.2) is 4.72 Å². The van der Waals surface area contributed by atoms with Crippen molar-refractivity contribution in [2.45, 2.75) is 44.6 Å². The monoisotopic (exact) mass is 319 g/mol. The fourth-order valence-electron chi connectivity index (χ4n) is 3.07. The summed E-state index contributed by atoms with van der Waals surface area (Å²) in [7, 11) is 0.192. The van der Waals surface area contributed by atoms with Crippen molar-refractivity contribution >= 4 is 10.2 Å². The molecule has 21 heavy (non-hydrogen) atoms. The first-order chi connectivity index (χ1) is 10.0. The van der Waals surface area contributed by atoms with Gasteiger partial charge in [-0.05, 0) is 44.6 Å². The van der Waals surface area contributed by atoms with Crippen LogP contribution in [0.2, 0.25) is 0 Å². The van der Waals surface area contributed by atoms with E-state index < -0.39 is 10.2 Å². The Bertz CT molecular complexity index is 421. The van der Waals surface area contributed by atoms with Gasteiger partial charge in [0.2, 0.25) is 0 Å². The van der Waals surface area contributed by atoms with E-state index in [9.17, 15) is 8.42 Å². The highest BCUT2D eigenvalue weighted by molar-refractivity contribution is 7.87. The highest BCUT2D eigenvalue weighted by Crippen LogP contribution is 2.48. The van der Waals surface area contributed by atoms with Crippen LogP contribution in [-0.4, -0.2) is 59.2 Å². The van der Waals surface area contributed by atoms with Gasteiger partial charge in [-0.3, -0.25) is 0 Å². The number of nitrogens with zero attached hydrogens (tertiary/aromatic N) is 1. The van der Waals surface area contributed by atoms with Crippen LogP contribution in [0.15, 0.2) is 0 Å². The van der Waals surface area contributed by atoms with Crippen molar-refractivity contribution in [1.82, 2.24) is 14.3 Å². The minimum Gasteiger partial charge on any atom is -0.385 e. The third-order valence-corrected chi connectivity index (χ3v) is 6.35. The molecule has 1 atom stereocenters. The normalized spacial score (nSPS) is 25.9. The topological polar surface area (TPSA) is 70.7 Å². The van der Waals surface area contributed by atoms with E-state index in [1.54, 1.807) is 11.4 Å². The van der Waals surface area contributed by atoms with Crippen molar-refractivity contribution in [3.63, 3.8) is 0 Å². The molecule has 2 rings (SSSR count). The lowest BCUT2D eigenvalue weighted by Crippen LogP contribution is -2.52. The number of methoxy groups -OCH3 is 1. The number of piperidine rings is 1. The van der Waals surface area contributed by atoms with Crippen molar-refractivity contribution in [1.29, 1.82) is 0 Å². The van der Waals surface area contributed by atoms with Gasteiger partial charge < -0.3 is 10.1 Å². The summed E-state index contributed by atoms with van der Waals surface area (Å²) in [6.45, 7) is 2.60. The molecule has 1 saturated carbocycles. The van der Waals surface area contributed by atoms with Crippen LogP contribution in [-0.2, 0) is 14.9 Å². The fourth-order valence-corrected chi connectivity index (χ4v) is 4.66. The van der Waals surface area contributed by atoms with Crippen molar-refractivity contribution < 1.29 is 13.2 Å². The minimum absolute atomic E-state index is 0.0791. The molecule has 0 spiro atoms. The van der Waals surface area contributed by atoms with E-state index in [0.29, 0.717) is 19.7 Å². The Kier molecular flexibility index (Phi) is 6.02. The maximum absolute atomic E-state index is 12.6. The first-order valence-electron chi connectivity index (χ1n) is 7.93. The highest BCUT2D eigenvalue weighted by atomic mass is 32.2. The third kappa shape index (κ3) is 4.63. The van der Waals surface area contributed by atoms with Gasteiger partial charge in [-0.15, -0.1) is 0 Å². The smallest absolute Gasteiger partial charge is 0.279 e. The molecule has 7 heteroatoms. The number of rotatable bonds is 9. The summed E-state index contributed by atoms with van der Waals surface area (Å²) in [6, 6.07) is 0.0791. The Morgan fingerprint density at radius 3 is 2.71 bits per heavy atom. The molecule has 0 bridgehead atoms. The summed E-state index contributed by atoms with van der Waals surface area (Å²) in [5, 5.41) is 3.10. The van der Waals surface area contributed by atoms with E-state index in [-0.39, 0.29) is 11.5 Å². The van der Waals surface area contributed by atoms with Gasteiger partial charge in [0.1, 0.15) is 0 Å². The van der Waals surface area contributed by atoms with Crippen LogP contribution in [0.4, 0.5) is 0 Å². The molecule has 1 saturated heterocycles. The van der Waals surface area contributed by atoms with Crippen LogP contribution in [0.3, 0.4) is 0 Å². The lowest BCUT2D eigenvalue weighted by molar-refractivity contribution is 0.172. The molecule has 124 valence electrons. The summed E-state index contributed by atoms with van der Waals surface area (Å²) in [5.74, 6) is 0. The summed E-state index contributed by atoms with van der Waals surface area (Å²) in [4.78, 5) is 0. The number of hydrogen-bond acceptors (Lipinski definition) is 4. The van der Waals surface area contributed by atoms with Crippen LogP contribution >= 0.6 is 0 Å². The Labute approximate surface area is 128 Å². The van der Waals surface area contributed by atoms with E-state index in [4.69, 9.17) is 4.74 Å². The van der Waals surface area contributed by atoms with Crippen LogP contribution in [0.1, 0.15) is 38.5 Å².